The van der Waals surface area contributed by atoms with Crippen LogP contribution in [0.3, 0.4) is 0 Å². The van der Waals surface area contributed by atoms with E-state index in [1.54, 1.807) is 0 Å². The van der Waals surface area contributed by atoms with Crippen LogP contribution in [0, 0.1) is 11.7 Å². The Kier molecular flexibility index (Phi) is 6.28. The number of amides is 2. The van der Waals surface area contributed by atoms with Gasteiger partial charge in [0.25, 0.3) is 5.91 Å². The summed E-state index contributed by atoms with van der Waals surface area (Å²) in [6.45, 7) is 6.96. The molecule has 1 fully saturated rings. The summed E-state index contributed by atoms with van der Waals surface area (Å²) in [6, 6.07) is 5.05. The lowest BCUT2D eigenvalue weighted by Crippen LogP contribution is -2.47. The van der Waals surface area contributed by atoms with E-state index in [-0.39, 0.29) is 29.9 Å². The monoisotopic (exact) mass is 389 g/mol. The van der Waals surface area contributed by atoms with Crippen LogP contribution in [0.4, 0.5) is 10.1 Å². The molecule has 0 bridgehead atoms. The molecule has 0 spiro atoms. The molecular formula is C20H28FN5O2. The molecule has 28 heavy (non-hydrogen) atoms. The Labute approximate surface area is 164 Å². The third-order valence-electron chi connectivity index (χ3n) is 5.46. The molecule has 7 nitrogen and oxygen atoms in total. The summed E-state index contributed by atoms with van der Waals surface area (Å²) >= 11 is 0. The molecule has 0 aliphatic carbocycles. The van der Waals surface area contributed by atoms with Gasteiger partial charge in [0.15, 0.2) is 0 Å². The van der Waals surface area contributed by atoms with Gasteiger partial charge in [-0.2, -0.15) is 5.10 Å². The second-order valence-corrected chi connectivity index (χ2v) is 7.79. The van der Waals surface area contributed by atoms with Crippen molar-refractivity contribution in [1.82, 2.24) is 10.2 Å². The summed E-state index contributed by atoms with van der Waals surface area (Å²) in [6.07, 6.45) is 2.56. The van der Waals surface area contributed by atoms with Gasteiger partial charge in [0.05, 0.1) is 5.69 Å². The van der Waals surface area contributed by atoms with Gasteiger partial charge >= 0.3 is 0 Å². The van der Waals surface area contributed by atoms with Crippen LogP contribution in [0.1, 0.15) is 33.1 Å². The van der Waals surface area contributed by atoms with Crippen molar-refractivity contribution in [3.05, 3.63) is 30.1 Å². The van der Waals surface area contributed by atoms with E-state index in [9.17, 15) is 14.0 Å². The number of piperidine rings is 1. The first-order valence-corrected chi connectivity index (χ1v) is 9.79. The van der Waals surface area contributed by atoms with Crippen LogP contribution in [-0.2, 0) is 9.59 Å². The lowest BCUT2D eigenvalue weighted by molar-refractivity contribution is -0.119. The van der Waals surface area contributed by atoms with E-state index in [1.165, 1.54) is 42.1 Å². The second-order valence-electron chi connectivity index (χ2n) is 7.79. The van der Waals surface area contributed by atoms with Gasteiger partial charge in [0.2, 0.25) is 5.91 Å². The number of primary amides is 1. The molecule has 1 saturated heterocycles. The maximum absolute atomic E-state index is 13.2. The normalized spacial score (nSPS) is 24.0. The molecule has 0 radical (unpaired) electrons. The van der Waals surface area contributed by atoms with E-state index in [2.05, 4.69) is 29.2 Å². The van der Waals surface area contributed by atoms with Gasteiger partial charge in [-0.05, 0) is 56.5 Å². The molecule has 3 atom stereocenters. The molecule has 3 rings (SSSR count). The smallest absolute Gasteiger partial charge is 0.267 e. The van der Waals surface area contributed by atoms with Gasteiger partial charge in [-0.25, -0.2) is 4.39 Å². The maximum atomic E-state index is 13.2. The molecular weight excluding hydrogens is 361 g/mol. The second kappa shape index (κ2) is 8.68. The number of anilines is 1. The highest BCUT2D eigenvalue weighted by Crippen LogP contribution is 2.25. The van der Waals surface area contributed by atoms with Crippen LogP contribution in [0.25, 0.3) is 0 Å². The largest absolute Gasteiger partial charge is 0.368 e. The first-order chi connectivity index (χ1) is 13.3. The number of halogens is 1. The average Bonchev–Trinajstić information content (AvgIpc) is 3.12. The lowest BCUT2D eigenvalue weighted by Gasteiger charge is -2.35. The first-order valence-electron chi connectivity index (χ1n) is 9.79. The molecule has 3 unspecified atom stereocenters. The van der Waals surface area contributed by atoms with Crippen molar-refractivity contribution in [2.75, 3.05) is 24.6 Å². The Hall–Kier alpha value is -2.48. The number of nitrogens with zero attached hydrogens (tertiary/aromatic N) is 3. The van der Waals surface area contributed by atoms with E-state index in [0.717, 1.165) is 13.1 Å². The van der Waals surface area contributed by atoms with Crippen LogP contribution >= 0.6 is 0 Å². The van der Waals surface area contributed by atoms with Gasteiger partial charge in [-0.3, -0.25) is 19.5 Å². The molecule has 1 aromatic rings. The SMILES string of the molecule is CC1CCCN(C(C)CNC(=O)C2=NN(c3ccc(F)cc3)C(C(N)=O)C2)C1. The number of likely N-dealkylation sites (tertiary alicyclic amines) is 1. The van der Waals surface area contributed by atoms with E-state index in [0.29, 0.717) is 18.2 Å². The molecule has 152 valence electrons. The fourth-order valence-electron chi connectivity index (χ4n) is 3.80. The number of benzene rings is 1. The number of hydrogen-bond acceptors (Lipinski definition) is 5. The van der Waals surface area contributed by atoms with Crippen molar-refractivity contribution in [2.24, 2.45) is 16.8 Å². The van der Waals surface area contributed by atoms with Gasteiger partial charge in [-0.15, -0.1) is 0 Å². The molecule has 2 aliphatic rings. The highest BCUT2D eigenvalue weighted by molar-refractivity contribution is 6.40. The minimum absolute atomic E-state index is 0.133. The molecule has 0 saturated carbocycles. The highest BCUT2D eigenvalue weighted by atomic mass is 19.1. The van der Waals surface area contributed by atoms with E-state index >= 15 is 0 Å². The third kappa shape index (κ3) is 4.67. The van der Waals surface area contributed by atoms with Gasteiger partial charge in [0, 0.05) is 25.6 Å². The van der Waals surface area contributed by atoms with Crippen LogP contribution in [-0.4, -0.2) is 54.1 Å². The van der Waals surface area contributed by atoms with Gasteiger partial charge in [-0.1, -0.05) is 6.92 Å². The Balaban J connectivity index is 1.63. The van der Waals surface area contributed by atoms with Crippen molar-refractivity contribution in [3.8, 4) is 0 Å². The summed E-state index contributed by atoms with van der Waals surface area (Å²) in [5.41, 5.74) is 6.26. The van der Waals surface area contributed by atoms with Gasteiger partial charge < -0.3 is 11.1 Å². The number of carbonyl (C=O) groups is 2. The third-order valence-corrected chi connectivity index (χ3v) is 5.46. The zero-order valence-electron chi connectivity index (χ0n) is 16.4. The molecule has 1 aromatic carbocycles. The first kappa shape index (κ1) is 20.3. The van der Waals surface area contributed by atoms with Crippen LogP contribution in [0.5, 0.6) is 0 Å². The minimum Gasteiger partial charge on any atom is -0.368 e. The number of rotatable bonds is 6. The zero-order chi connectivity index (χ0) is 20.3. The summed E-state index contributed by atoms with van der Waals surface area (Å²) < 4.78 is 13.2. The Morgan fingerprint density at radius 1 is 1.36 bits per heavy atom. The molecule has 2 amide bonds. The lowest BCUT2D eigenvalue weighted by atomic mass is 9.99. The number of hydrogen-bond donors (Lipinski definition) is 2. The van der Waals surface area contributed by atoms with Crippen molar-refractivity contribution < 1.29 is 14.0 Å². The predicted molar refractivity (Wildman–Crippen MR) is 106 cm³/mol. The molecule has 0 aromatic heterocycles. The Morgan fingerprint density at radius 2 is 2.07 bits per heavy atom. The zero-order valence-corrected chi connectivity index (χ0v) is 16.4. The number of carbonyl (C=O) groups excluding carboxylic acids is 2. The van der Waals surface area contributed by atoms with E-state index in [1.807, 2.05) is 0 Å². The molecule has 3 N–H and O–H groups in total. The summed E-state index contributed by atoms with van der Waals surface area (Å²) in [5.74, 6) is -0.590. The number of nitrogens with two attached hydrogens (primary N) is 1. The van der Waals surface area contributed by atoms with Crippen LogP contribution in [0.15, 0.2) is 29.4 Å². The van der Waals surface area contributed by atoms with E-state index in [4.69, 9.17) is 5.73 Å². The standard InChI is InChI=1S/C20H28FN5O2/c1-13-4-3-9-25(12-13)14(2)11-23-20(28)17-10-18(19(22)27)26(24-17)16-7-5-15(21)6-8-16/h5-8,13-14,18H,3-4,9-12H2,1-2H3,(H2,22,27)(H,23,28). The molecule has 2 aliphatic heterocycles. The highest BCUT2D eigenvalue weighted by Gasteiger charge is 2.35. The molecule has 8 heteroatoms. The fraction of sp³-hybridized carbons (Fsp3) is 0.550. The quantitative estimate of drug-likeness (QED) is 0.771. The summed E-state index contributed by atoms with van der Waals surface area (Å²) in [7, 11) is 0. The van der Waals surface area contributed by atoms with Crippen LogP contribution in [0.2, 0.25) is 0 Å². The Bertz CT molecular complexity index is 751. The fourth-order valence-corrected chi connectivity index (χ4v) is 3.80. The minimum atomic E-state index is -0.758. The van der Waals surface area contributed by atoms with Crippen molar-refractivity contribution in [2.45, 2.75) is 45.2 Å². The topological polar surface area (TPSA) is 91.0 Å². The Morgan fingerprint density at radius 3 is 2.71 bits per heavy atom. The van der Waals surface area contributed by atoms with Crippen molar-refractivity contribution in [1.29, 1.82) is 0 Å². The number of nitrogens with one attached hydrogen (secondary N) is 1. The van der Waals surface area contributed by atoms with Crippen LogP contribution < -0.4 is 16.1 Å². The van der Waals surface area contributed by atoms with Crippen molar-refractivity contribution >= 4 is 23.2 Å². The van der Waals surface area contributed by atoms with Crippen molar-refractivity contribution in [3.63, 3.8) is 0 Å². The summed E-state index contributed by atoms with van der Waals surface area (Å²) in [5, 5.41) is 8.62. The average molecular weight is 389 g/mol. The predicted octanol–water partition coefficient (Wildman–Crippen LogP) is 1.48. The number of hydrazone groups is 1. The van der Waals surface area contributed by atoms with Gasteiger partial charge in [0.1, 0.15) is 17.6 Å². The maximum Gasteiger partial charge on any atom is 0.267 e. The summed E-state index contributed by atoms with van der Waals surface area (Å²) in [4.78, 5) is 26.8. The van der Waals surface area contributed by atoms with E-state index < -0.39 is 11.9 Å². The molecule has 2 heterocycles.